The molecule has 0 saturated carbocycles. The second-order valence-electron chi connectivity index (χ2n) is 5.95. The normalized spacial score (nSPS) is 25.2. The fraction of sp³-hybridized carbons (Fsp3) is 0.562. The molecular formula is C16H22N2O3. The third kappa shape index (κ3) is 2.70. The quantitative estimate of drug-likeness (QED) is 0.835. The topological polar surface area (TPSA) is 42.0 Å². The largest absolute Gasteiger partial charge is 0.449 e. The van der Waals surface area contributed by atoms with Crippen molar-refractivity contribution >= 4 is 5.91 Å². The molecule has 2 aliphatic heterocycles. The highest BCUT2D eigenvalue weighted by molar-refractivity contribution is 5.95. The van der Waals surface area contributed by atoms with Gasteiger partial charge in [-0.15, -0.1) is 0 Å². The summed E-state index contributed by atoms with van der Waals surface area (Å²) in [6.45, 7) is 7.32. The molecule has 2 aliphatic rings. The van der Waals surface area contributed by atoms with Crippen molar-refractivity contribution in [3.05, 3.63) is 23.8 Å². The Hall–Kier alpha value is -1.75. The molecule has 1 atom stereocenters. The molecular weight excluding hydrogens is 268 g/mol. The van der Waals surface area contributed by atoms with Gasteiger partial charge in [-0.25, -0.2) is 0 Å². The molecule has 3 rings (SSSR count). The number of nitrogens with zero attached hydrogens (tertiary/aromatic N) is 2. The monoisotopic (exact) mass is 290 g/mol. The molecule has 0 radical (unpaired) electrons. The van der Waals surface area contributed by atoms with E-state index in [0.717, 1.165) is 32.6 Å². The second kappa shape index (κ2) is 5.22. The van der Waals surface area contributed by atoms with Gasteiger partial charge in [-0.3, -0.25) is 4.79 Å². The molecule has 1 aromatic rings. The molecule has 21 heavy (non-hydrogen) atoms. The van der Waals surface area contributed by atoms with Gasteiger partial charge in [0.25, 0.3) is 5.91 Å². The van der Waals surface area contributed by atoms with Crippen LogP contribution in [0.1, 0.15) is 30.6 Å². The van der Waals surface area contributed by atoms with Crippen LogP contribution in [0, 0.1) is 0 Å². The fourth-order valence-corrected chi connectivity index (χ4v) is 2.63. The number of carbonyl (C=O) groups is 1. The number of fused-ring (bicyclic) bond motifs is 1. The minimum absolute atomic E-state index is 0.0691. The van der Waals surface area contributed by atoms with E-state index in [2.05, 4.69) is 11.9 Å². The standard InChI is InChI=1S/C16H22N2O3/c1-4-16(2)20-13-6-5-12(11-14(13)21-16)15(19)18-9-7-17(3)8-10-18/h5-6,11H,4,7-10H2,1-3H3. The predicted octanol–water partition coefficient (Wildman–Crippen LogP) is 1.97. The Morgan fingerprint density at radius 1 is 1.19 bits per heavy atom. The van der Waals surface area contributed by atoms with Crippen molar-refractivity contribution < 1.29 is 14.3 Å². The second-order valence-corrected chi connectivity index (χ2v) is 5.95. The van der Waals surface area contributed by atoms with Crippen molar-refractivity contribution in [1.82, 2.24) is 9.80 Å². The highest BCUT2D eigenvalue weighted by Gasteiger charge is 2.35. The lowest BCUT2D eigenvalue weighted by molar-refractivity contribution is -0.0640. The van der Waals surface area contributed by atoms with E-state index in [1.165, 1.54) is 0 Å². The molecule has 1 amide bonds. The molecule has 5 nitrogen and oxygen atoms in total. The van der Waals surface area contributed by atoms with E-state index < -0.39 is 5.79 Å². The maximum atomic E-state index is 12.5. The van der Waals surface area contributed by atoms with Gasteiger partial charge in [0.05, 0.1) is 0 Å². The van der Waals surface area contributed by atoms with E-state index in [1.54, 1.807) is 6.07 Å². The zero-order chi connectivity index (χ0) is 15.0. The highest BCUT2D eigenvalue weighted by Crippen LogP contribution is 2.41. The maximum absolute atomic E-state index is 12.5. The average Bonchev–Trinajstić information content (AvgIpc) is 2.83. The first-order chi connectivity index (χ1) is 10.0. The Bertz CT molecular complexity index is 552. The van der Waals surface area contributed by atoms with Crippen LogP contribution in [0.25, 0.3) is 0 Å². The number of amides is 1. The van der Waals surface area contributed by atoms with E-state index in [4.69, 9.17) is 9.47 Å². The van der Waals surface area contributed by atoms with Gasteiger partial charge in [0.2, 0.25) is 5.79 Å². The lowest BCUT2D eigenvalue weighted by Gasteiger charge is -2.32. The van der Waals surface area contributed by atoms with E-state index >= 15 is 0 Å². The zero-order valence-corrected chi connectivity index (χ0v) is 12.9. The molecule has 1 unspecified atom stereocenters. The minimum Gasteiger partial charge on any atom is -0.449 e. The van der Waals surface area contributed by atoms with E-state index in [-0.39, 0.29) is 5.91 Å². The Morgan fingerprint density at radius 2 is 1.86 bits per heavy atom. The summed E-state index contributed by atoms with van der Waals surface area (Å²) in [6.07, 6.45) is 0.753. The third-order valence-corrected chi connectivity index (χ3v) is 4.28. The van der Waals surface area contributed by atoms with Gasteiger partial charge in [0.1, 0.15) is 0 Å². The molecule has 0 N–H and O–H groups in total. The van der Waals surface area contributed by atoms with Crippen LogP contribution in [0.15, 0.2) is 18.2 Å². The number of hydrogen-bond acceptors (Lipinski definition) is 4. The molecule has 1 saturated heterocycles. The number of piperazine rings is 1. The molecule has 1 aromatic carbocycles. The number of carbonyl (C=O) groups excluding carboxylic acids is 1. The summed E-state index contributed by atoms with van der Waals surface area (Å²) >= 11 is 0. The van der Waals surface area contributed by atoms with Gasteiger partial charge in [-0.05, 0) is 25.2 Å². The summed E-state index contributed by atoms with van der Waals surface area (Å²) in [5, 5.41) is 0. The van der Waals surface area contributed by atoms with Gasteiger partial charge in [0.15, 0.2) is 11.5 Å². The van der Waals surface area contributed by atoms with E-state index in [9.17, 15) is 4.79 Å². The van der Waals surface area contributed by atoms with Gasteiger partial charge < -0.3 is 19.3 Å². The fourth-order valence-electron chi connectivity index (χ4n) is 2.63. The van der Waals surface area contributed by atoms with Gasteiger partial charge in [0, 0.05) is 45.1 Å². The van der Waals surface area contributed by atoms with Gasteiger partial charge >= 0.3 is 0 Å². The molecule has 0 aromatic heterocycles. The van der Waals surface area contributed by atoms with Crippen LogP contribution in [0.4, 0.5) is 0 Å². The van der Waals surface area contributed by atoms with Crippen molar-refractivity contribution in [2.75, 3.05) is 33.2 Å². The first kappa shape index (κ1) is 14.2. The van der Waals surface area contributed by atoms with Crippen molar-refractivity contribution in [3.8, 4) is 11.5 Å². The summed E-state index contributed by atoms with van der Waals surface area (Å²) in [4.78, 5) is 16.7. The molecule has 0 aliphatic carbocycles. The van der Waals surface area contributed by atoms with Crippen LogP contribution in [0.5, 0.6) is 11.5 Å². The number of likely N-dealkylation sites (N-methyl/N-ethyl adjacent to an activating group) is 1. The first-order valence-corrected chi connectivity index (χ1v) is 7.51. The summed E-state index contributed by atoms with van der Waals surface area (Å²) in [7, 11) is 2.08. The van der Waals surface area contributed by atoms with E-state index in [0.29, 0.717) is 17.1 Å². The van der Waals surface area contributed by atoms with Crippen LogP contribution in [-0.4, -0.2) is 54.7 Å². The Balaban J connectivity index is 1.76. The third-order valence-electron chi connectivity index (χ3n) is 4.28. The van der Waals surface area contributed by atoms with Crippen LogP contribution >= 0.6 is 0 Å². The molecule has 5 heteroatoms. The van der Waals surface area contributed by atoms with Crippen LogP contribution in [0.3, 0.4) is 0 Å². The predicted molar refractivity (Wildman–Crippen MR) is 79.8 cm³/mol. The van der Waals surface area contributed by atoms with Crippen LogP contribution in [-0.2, 0) is 0 Å². The Morgan fingerprint density at radius 3 is 2.52 bits per heavy atom. The first-order valence-electron chi connectivity index (χ1n) is 7.51. The van der Waals surface area contributed by atoms with Gasteiger partial charge in [-0.2, -0.15) is 0 Å². The highest BCUT2D eigenvalue weighted by atomic mass is 16.7. The van der Waals surface area contributed by atoms with Crippen molar-refractivity contribution in [2.45, 2.75) is 26.1 Å². The molecule has 114 valence electrons. The minimum atomic E-state index is -0.613. The summed E-state index contributed by atoms with van der Waals surface area (Å²) in [6, 6.07) is 5.46. The van der Waals surface area contributed by atoms with Crippen molar-refractivity contribution in [1.29, 1.82) is 0 Å². The number of benzene rings is 1. The zero-order valence-electron chi connectivity index (χ0n) is 12.9. The van der Waals surface area contributed by atoms with Crippen LogP contribution in [0.2, 0.25) is 0 Å². The van der Waals surface area contributed by atoms with E-state index in [1.807, 2.05) is 30.9 Å². The van der Waals surface area contributed by atoms with Crippen molar-refractivity contribution in [3.63, 3.8) is 0 Å². The molecule has 1 fully saturated rings. The number of hydrogen-bond donors (Lipinski definition) is 0. The number of ether oxygens (including phenoxy) is 2. The number of rotatable bonds is 2. The smallest absolute Gasteiger partial charge is 0.254 e. The maximum Gasteiger partial charge on any atom is 0.254 e. The summed E-state index contributed by atoms with van der Waals surface area (Å²) in [5.74, 6) is 0.839. The van der Waals surface area contributed by atoms with Crippen molar-refractivity contribution in [2.24, 2.45) is 0 Å². The molecule has 0 spiro atoms. The summed E-state index contributed by atoms with van der Waals surface area (Å²) < 4.78 is 11.6. The SMILES string of the molecule is CCC1(C)Oc2ccc(C(=O)N3CCN(C)CC3)cc2O1. The Labute approximate surface area is 125 Å². The lowest BCUT2D eigenvalue weighted by Crippen LogP contribution is -2.47. The van der Waals surface area contributed by atoms with Gasteiger partial charge in [-0.1, -0.05) is 6.92 Å². The average molecular weight is 290 g/mol. The molecule has 0 bridgehead atoms. The van der Waals surface area contributed by atoms with Crippen LogP contribution < -0.4 is 9.47 Å². The summed E-state index contributed by atoms with van der Waals surface area (Å²) in [5.41, 5.74) is 0.669. The molecule has 2 heterocycles. The Kier molecular flexibility index (Phi) is 3.53. The lowest BCUT2D eigenvalue weighted by atomic mass is 10.1.